The van der Waals surface area contributed by atoms with E-state index in [4.69, 9.17) is 5.11 Å². The fourth-order valence-corrected chi connectivity index (χ4v) is 1.93. The van der Waals surface area contributed by atoms with Crippen molar-refractivity contribution < 1.29 is 19.6 Å². The maximum Gasteiger partial charge on any atom is 0.359 e. The number of hydrogen-bond acceptors (Lipinski definition) is 7. The summed E-state index contributed by atoms with van der Waals surface area (Å²) in [5.74, 6) is -1.32. The normalized spacial score (nSPS) is 9.90. The molecule has 2 aromatic rings. The highest BCUT2D eigenvalue weighted by atomic mass is 32.1. The standard InChI is InChI=1S/C10H7N5O5S/c16-9(17)7-8(21-14-13-7)12-10(18)11-5-2-1-3-6(4-5)15(19)20/h1-4H,(H,16,17)(H2,11,12,18). The van der Waals surface area contributed by atoms with E-state index in [9.17, 15) is 19.7 Å². The van der Waals surface area contributed by atoms with Gasteiger partial charge in [-0.15, -0.1) is 5.10 Å². The Morgan fingerprint density at radius 2 is 2.10 bits per heavy atom. The molecule has 0 aliphatic heterocycles. The molecule has 0 unspecified atom stereocenters. The number of non-ortho nitro benzene ring substituents is 1. The molecule has 11 heteroatoms. The number of carbonyl (C=O) groups is 2. The smallest absolute Gasteiger partial charge is 0.359 e. The predicted molar refractivity (Wildman–Crippen MR) is 72.6 cm³/mol. The minimum atomic E-state index is -1.32. The van der Waals surface area contributed by atoms with Crippen LogP contribution in [0.15, 0.2) is 24.3 Å². The van der Waals surface area contributed by atoms with Crippen molar-refractivity contribution in [3.63, 3.8) is 0 Å². The van der Waals surface area contributed by atoms with Crippen LogP contribution in [0.3, 0.4) is 0 Å². The topological polar surface area (TPSA) is 147 Å². The Kier molecular flexibility index (Phi) is 4.04. The zero-order chi connectivity index (χ0) is 15.4. The van der Waals surface area contributed by atoms with Gasteiger partial charge in [0.2, 0.25) is 5.69 Å². The van der Waals surface area contributed by atoms with Gasteiger partial charge >= 0.3 is 12.0 Å². The highest BCUT2D eigenvalue weighted by molar-refractivity contribution is 7.10. The van der Waals surface area contributed by atoms with Crippen molar-refractivity contribution in [3.05, 3.63) is 40.1 Å². The quantitative estimate of drug-likeness (QED) is 0.576. The molecule has 0 aliphatic carbocycles. The summed E-state index contributed by atoms with van der Waals surface area (Å²) < 4.78 is 3.42. The second kappa shape index (κ2) is 5.92. The number of aromatic carboxylic acids is 1. The van der Waals surface area contributed by atoms with Crippen LogP contribution in [0.4, 0.5) is 21.2 Å². The molecule has 0 saturated heterocycles. The number of carboxylic acid groups (broad SMARTS) is 1. The Morgan fingerprint density at radius 3 is 2.76 bits per heavy atom. The third-order valence-electron chi connectivity index (χ3n) is 2.23. The Balaban J connectivity index is 2.08. The number of hydrogen-bond donors (Lipinski definition) is 3. The van der Waals surface area contributed by atoms with Crippen molar-refractivity contribution in [2.45, 2.75) is 0 Å². The van der Waals surface area contributed by atoms with Gasteiger partial charge in [0, 0.05) is 29.4 Å². The van der Waals surface area contributed by atoms with Gasteiger partial charge in [0.25, 0.3) is 5.69 Å². The van der Waals surface area contributed by atoms with Gasteiger partial charge in [-0.1, -0.05) is 10.6 Å². The molecule has 1 aromatic heterocycles. The van der Waals surface area contributed by atoms with Crippen LogP contribution in [0.25, 0.3) is 0 Å². The molecule has 21 heavy (non-hydrogen) atoms. The maximum atomic E-state index is 11.7. The number of nitro benzene ring substituents is 1. The molecule has 2 amide bonds. The fraction of sp³-hybridized carbons (Fsp3) is 0. The zero-order valence-electron chi connectivity index (χ0n) is 10.1. The fourth-order valence-electron chi connectivity index (χ4n) is 1.38. The van der Waals surface area contributed by atoms with Crippen LogP contribution in [0.5, 0.6) is 0 Å². The maximum absolute atomic E-state index is 11.7. The van der Waals surface area contributed by atoms with Crippen LogP contribution < -0.4 is 10.6 Å². The van der Waals surface area contributed by atoms with Gasteiger partial charge in [-0.25, -0.2) is 9.59 Å². The second-order valence-corrected chi connectivity index (χ2v) is 4.40. The van der Waals surface area contributed by atoms with Crippen molar-refractivity contribution in [3.8, 4) is 0 Å². The first-order valence-electron chi connectivity index (χ1n) is 5.35. The molecule has 0 fully saturated rings. The second-order valence-electron chi connectivity index (χ2n) is 3.64. The molecule has 10 nitrogen and oxygen atoms in total. The molecule has 1 heterocycles. The number of carbonyl (C=O) groups excluding carboxylic acids is 1. The van der Waals surface area contributed by atoms with E-state index < -0.39 is 16.9 Å². The van der Waals surface area contributed by atoms with Crippen molar-refractivity contribution in [2.75, 3.05) is 10.6 Å². The van der Waals surface area contributed by atoms with Crippen molar-refractivity contribution in [1.29, 1.82) is 0 Å². The summed E-state index contributed by atoms with van der Waals surface area (Å²) in [6.07, 6.45) is 0. The number of anilines is 2. The number of urea groups is 1. The van der Waals surface area contributed by atoms with Gasteiger partial charge in [-0.05, 0) is 6.07 Å². The molecule has 0 atom stereocenters. The van der Waals surface area contributed by atoms with Crippen LogP contribution >= 0.6 is 11.5 Å². The SMILES string of the molecule is O=C(Nc1cccc([N+](=O)[O-])c1)Nc1snnc1C(=O)O. The van der Waals surface area contributed by atoms with Crippen LogP contribution in [0.1, 0.15) is 10.5 Å². The Hall–Kier alpha value is -3.08. The number of amides is 2. The van der Waals surface area contributed by atoms with Gasteiger partial charge in [-0.2, -0.15) is 0 Å². The molecule has 0 aliphatic rings. The summed E-state index contributed by atoms with van der Waals surface area (Å²) in [6.45, 7) is 0. The van der Waals surface area contributed by atoms with E-state index in [1.807, 2.05) is 0 Å². The molecule has 0 spiro atoms. The number of rotatable bonds is 4. The van der Waals surface area contributed by atoms with Crippen molar-refractivity contribution in [2.24, 2.45) is 0 Å². The van der Waals surface area contributed by atoms with Crippen LogP contribution in [-0.4, -0.2) is 31.6 Å². The van der Waals surface area contributed by atoms with Gasteiger partial charge in [0.05, 0.1) is 4.92 Å². The van der Waals surface area contributed by atoms with E-state index in [1.165, 1.54) is 24.3 Å². The highest BCUT2D eigenvalue weighted by Crippen LogP contribution is 2.19. The average Bonchev–Trinajstić information content (AvgIpc) is 2.87. The number of nitro groups is 1. The van der Waals surface area contributed by atoms with Crippen LogP contribution in [-0.2, 0) is 0 Å². The number of carboxylic acids is 1. The van der Waals surface area contributed by atoms with Gasteiger partial charge in [0.15, 0.2) is 5.00 Å². The minimum absolute atomic E-state index is 0.0366. The van der Waals surface area contributed by atoms with Gasteiger partial charge in [0.1, 0.15) is 0 Å². The van der Waals surface area contributed by atoms with E-state index in [0.29, 0.717) is 11.5 Å². The lowest BCUT2D eigenvalue weighted by molar-refractivity contribution is -0.384. The summed E-state index contributed by atoms with van der Waals surface area (Å²) >= 11 is 0.703. The first kappa shape index (κ1) is 14.3. The Labute approximate surface area is 120 Å². The van der Waals surface area contributed by atoms with Crippen LogP contribution in [0.2, 0.25) is 0 Å². The van der Waals surface area contributed by atoms with Crippen molar-refractivity contribution >= 4 is 39.9 Å². The lowest BCUT2D eigenvalue weighted by atomic mass is 10.3. The molecule has 1 aromatic carbocycles. The molecule has 108 valence electrons. The Bertz CT molecular complexity index is 715. The summed E-state index contributed by atoms with van der Waals surface area (Å²) in [4.78, 5) is 32.5. The van der Waals surface area contributed by atoms with Gasteiger partial charge in [-0.3, -0.25) is 15.4 Å². The van der Waals surface area contributed by atoms with E-state index in [2.05, 4.69) is 20.2 Å². The summed E-state index contributed by atoms with van der Waals surface area (Å²) in [6, 6.07) is 4.55. The van der Waals surface area contributed by atoms with Crippen LogP contribution in [0, 0.1) is 10.1 Å². The monoisotopic (exact) mass is 309 g/mol. The molecular formula is C10H7N5O5S. The van der Waals surface area contributed by atoms with E-state index >= 15 is 0 Å². The average molecular weight is 309 g/mol. The predicted octanol–water partition coefficient (Wildman–Crippen LogP) is 1.79. The van der Waals surface area contributed by atoms with E-state index in [1.54, 1.807) is 0 Å². The van der Waals surface area contributed by atoms with E-state index in [-0.39, 0.29) is 22.1 Å². The third-order valence-corrected chi connectivity index (χ3v) is 2.87. The van der Waals surface area contributed by atoms with Crippen molar-refractivity contribution in [1.82, 2.24) is 9.59 Å². The largest absolute Gasteiger partial charge is 0.476 e. The van der Waals surface area contributed by atoms with E-state index in [0.717, 1.165) is 0 Å². The summed E-state index contributed by atoms with van der Waals surface area (Å²) in [7, 11) is 0. The highest BCUT2D eigenvalue weighted by Gasteiger charge is 2.17. The molecular weight excluding hydrogens is 302 g/mol. The molecule has 0 saturated carbocycles. The summed E-state index contributed by atoms with van der Waals surface area (Å²) in [5.41, 5.74) is -0.372. The molecule has 3 N–H and O–H groups in total. The first-order valence-corrected chi connectivity index (χ1v) is 6.13. The molecule has 0 radical (unpaired) electrons. The lowest BCUT2D eigenvalue weighted by Crippen LogP contribution is -2.20. The number of nitrogens with zero attached hydrogens (tertiary/aromatic N) is 3. The minimum Gasteiger partial charge on any atom is -0.476 e. The summed E-state index contributed by atoms with van der Waals surface area (Å²) in [5, 5.41) is 27.3. The van der Waals surface area contributed by atoms with Gasteiger partial charge < -0.3 is 10.4 Å². The number of nitrogens with one attached hydrogen (secondary N) is 2. The first-order chi connectivity index (χ1) is 9.97. The third kappa shape index (κ3) is 3.48. The molecule has 2 rings (SSSR count). The Morgan fingerprint density at radius 1 is 1.33 bits per heavy atom. The lowest BCUT2D eigenvalue weighted by Gasteiger charge is -2.05. The number of aromatic nitrogens is 2. The zero-order valence-corrected chi connectivity index (χ0v) is 11.0. The number of benzene rings is 1. The molecule has 0 bridgehead atoms.